The van der Waals surface area contributed by atoms with Crippen LogP contribution in [0.25, 0.3) is 23.0 Å². The highest BCUT2D eigenvalue weighted by Gasteiger charge is 2.30. The zero-order valence-electron chi connectivity index (χ0n) is 26.8. The molecule has 0 unspecified atom stereocenters. The summed E-state index contributed by atoms with van der Waals surface area (Å²) >= 11 is 1.39. The van der Waals surface area contributed by atoms with Crippen molar-refractivity contribution in [3.8, 4) is 16.9 Å². The minimum absolute atomic E-state index is 0.230. The van der Waals surface area contributed by atoms with Gasteiger partial charge in [0.1, 0.15) is 5.69 Å². The smallest absolute Gasteiger partial charge is 0.286 e. The molecule has 9 nitrogen and oxygen atoms in total. The van der Waals surface area contributed by atoms with Gasteiger partial charge >= 0.3 is 0 Å². The van der Waals surface area contributed by atoms with Crippen molar-refractivity contribution in [1.82, 2.24) is 23.9 Å². The molecule has 0 saturated carbocycles. The van der Waals surface area contributed by atoms with Crippen LogP contribution in [0.3, 0.4) is 0 Å². The van der Waals surface area contributed by atoms with Gasteiger partial charge in [0.05, 0.1) is 15.5 Å². The first-order chi connectivity index (χ1) is 22.9. The maximum atomic E-state index is 13.6. The maximum Gasteiger partial charge on any atom is 0.286 e. The van der Waals surface area contributed by atoms with Crippen LogP contribution in [0.5, 0.6) is 0 Å². The molecular formula is C36H40N6O3S2. The number of para-hydroxylation sites is 1. The lowest BCUT2D eigenvalue weighted by Crippen LogP contribution is -2.47. The van der Waals surface area contributed by atoms with Crippen molar-refractivity contribution in [2.45, 2.75) is 38.1 Å². The van der Waals surface area contributed by atoms with E-state index in [1.807, 2.05) is 68.6 Å². The standard InChI is InChI=1S/C36H40N6O3S2/c1-3-18-41(19-4-2)47(44,45)32-17-11-14-29(24-32)34-30(27-42(38-34)31-15-9-6-10-16-31)25-33-35(43)37-36(46-33)40-22-20-39(21-23-40)26-28-12-7-5-8-13-28/h5-17,24-25,27H,3-4,18-23,26H2,1-2H3/b33-25-. The highest BCUT2D eigenvalue weighted by molar-refractivity contribution is 8.18. The molecule has 2 aliphatic heterocycles. The largest absolute Gasteiger partial charge is 0.348 e. The molecule has 0 bridgehead atoms. The number of benzene rings is 3. The maximum absolute atomic E-state index is 13.6. The fourth-order valence-corrected chi connectivity index (χ4v) is 8.47. The first kappa shape index (κ1) is 32.9. The minimum atomic E-state index is -3.69. The molecular weight excluding hydrogens is 629 g/mol. The van der Waals surface area contributed by atoms with Crippen molar-refractivity contribution >= 4 is 38.9 Å². The van der Waals surface area contributed by atoms with E-state index >= 15 is 0 Å². The van der Waals surface area contributed by atoms with Gasteiger partial charge in [-0.3, -0.25) is 9.69 Å². The van der Waals surface area contributed by atoms with Crippen molar-refractivity contribution in [1.29, 1.82) is 0 Å². The van der Waals surface area contributed by atoms with Crippen molar-refractivity contribution in [2.24, 2.45) is 4.99 Å². The van der Waals surface area contributed by atoms with E-state index in [1.54, 1.807) is 27.2 Å². The number of hydrogen-bond acceptors (Lipinski definition) is 7. The van der Waals surface area contributed by atoms with Crippen molar-refractivity contribution in [2.75, 3.05) is 39.3 Å². The van der Waals surface area contributed by atoms with E-state index in [9.17, 15) is 13.2 Å². The molecule has 3 aromatic carbocycles. The summed E-state index contributed by atoms with van der Waals surface area (Å²) in [6.45, 7) is 9.17. The third-order valence-electron chi connectivity index (χ3n) is 8.24. The van der Waals surface area contributed by atoms with Gasteiger partial charge < -0.3 is 4.90 Å². The fraction of sp³-hybridized carbons (Fsp3) is 0.306. The number of aromatic nitrogens is 2. The van der Waals surface area contributed by atoms with Crippen LogP contribution in [-0.2, 0) is 21.4 Å². The third kappa shape index (κ3) is 7.59. The van der Waals surface area contributed by atoms with Gasteiger partial charge in [-0.05, 0) is 60.5 Å². The van der Waals surface area contributed by atoms with Crippen LogP contribution in [0.1, 0.15) is 37.8 Å². The highest BCUT2D eigenvalue weighted by Crippen LogP contribution is 2.34. The minimum Gasteiger partial charge on any atom is -0.348 e. The predicted octanol–water partition coefficient (Wildman–Crippen LogP) is 6.14. The van der Waals surface area contributed by atoms with E-state index in [4.69, 9.17) is 5.10 Å². The number of aliphatic imine (C=N–C) groups is 1. The second-order valence-electron chi connectivity index (χ2n) is 11.7. The summed E-state index contributed by atoms with van der Waals surface area (Å²) in [5.74, 6) is -0.277. The molecule has 1 fully saturated rings. The Morgan fingerprint density at radius 3 is 2.23 bits per heavy atom. The third-order valence-corrected chi connectivity index (χ3v) is 11.2. The Morgan fingerprint density at radius 1 is 0.872 bits per heavy atom. The van der Waals surface area contributed by atoms with Gasteiger partial charge in [0.2, 0.25) is 10.0 Å². The number of amides is 1. The average molecular weight is 669 g/mol. The predicted molar refractivity (Wildman–Crippen MR) is 190 cm³/mol. The topological polar surface area (TPSA) is 91.1 Å². The average Bonchev–Trinajstić information content (AvgIpc) is 3.69. The molecule has 47 heavy (non-hydrogen) atoms. The molecule has 1 aromatic heterocycles. The van der Waals surface area contributed by atoms with Crippen LogP contribution in [-0.4, -0.2) is 82.6 Å². The van der Waals surface area contributed by atoms with Gasteiger partial charge in [0.25, 0.3) is 5.91 Å². The van der Waals surface area contributed by atoms with Crippen LogP contribution in [0.15, 0.2) is 106 Å². The number of nitrogens with zero attached hydrogens (tertiary/aromatic N) is 6. The molecule has 0 spiro atoms. The highest BCUT2D eigenvalue weighted by atomic mass is 32.2. The normalized spacial score (nSPS) is 16.7. The molecule has 3 heterocycles. The summed E-state index contributed by atoms with van der Waals surface area (Å²) in [5, 5.41) is 5.62. The van der Waals surface area contributed by atoms with Gasteiger partial charge in [-0.2, -0.15) is 14.4 Å². The van der Waals surface area contributed by atoms with E-state index in [-0.39, 0.29) is 10.8 Å². The summed E-state index contributed by atoms with van der Waals surface area (Å²) < 4.78 is 30.6. The first-order valence-electron chi connectivity index (χ1n) is 16.1. The van der Waals surface area contributed by atoms with Gasteiger partial charge in [-0.15, -0.1) is 0 Å². The molecule has 0 N–H and O–H groups in total. The number of sulfonamides is 1. The molecule has 2 aliphatic rings. The van der Waals surface area contributed by atoms with Crippen molar-refractivity contribution in [3.05, 3.63) is 107 Å². The number of hydrogen-bond donors (Lipinski definition) is 0. The Balaban J connectivity index is 1.26. The Kier molecular flexibility index (Phi) is 10.4. The van der Waals surface area contributed by atoms with Gasteiger partial charge in [0, 0.05) is 63.1 Å². The van der Waals surface area contributed by atoms with E-state index < -0.39 is 10.0 Å². The number of carbonyl (C=O) groups excluding carboxylic acids is 1. The molecule has 0 radical (unpaired) electrons. The summed E-state index contributed by atoms with van der Waals surface area (Å²) in [7, 11) is -3.69. The SMILES string of the molecule is CCCN(CCC)S(=O)(=O)c1cccc(-c2nn(-c3ccccc3)cc2/C=C2\SC(N3CCN(Cc4ccccc4)CC3)=NC2=O)c1. The van der Waals surface area contributed by atoms with Crippen LogP contribution < -0.4 is 0 Å². The Labute approximate surface area is 281 Å². The van der Waals surface area contributed by atoms with Crippen LogP contribution >= 0.6 is 11.8 Å². The monoisotopic (exact) mass is 668 g/mol. The number of rotatable bonds is 11. The lowest BCUT2D eigenvalue weighted by molar-refractivity contribution is -0.113. The zero-order chi connectivity index (χ0) is 32.8. The number of carbonyl (C=O) groups is 1. The molecule has 0 aliphatic carbocycles. The zero-order valence-corrected chi connectivity index (χ0v) is 28.5. The first-order valence-corrected chi connectivity index (χ1v) is 18.4. The van der Waals surface area contributed by atoms with Crippen LogP contribution in [0, 0.1) is 0 Å². The molecule has 1 amide bonds. The van der Waals surface area contributed by atoms with Crippen molar-refractivity contribution in [3.63, 3.8) is 0 Å². The molecule has 244 valence electrons. The summed E-state index contributed by atoms with van der Waals surface area (Å²) in [6, 6.07) is 27.1. The lowest BCUT2D eigenvalue weighted by atomic mass is 10.1. The molecule has 4 aromatic rings. The molecule has 11 heteroatoms. The second kappa shape index (κ2) is 14.8. The Bertz CT molecular complexity index is 1860. The van der Waals surface area contributed by atoms with Crippen LogP contribution in [0.4, 0.5) is 0 Å². The number of amidine groups is 1. The molecule has 6 rings (SSSR count). The summed E-state index contributed by atoms with van der Waals surface area (Å²) in [5.41, 5.74) is 4.11. The van der Waals surface area contributed by atoms with Gasteiger partial charge in [-0.1, -0.05) is 74.5 Å². The summed E-state index contributed by atoms with van der Waals surface area (Å²) in [6.07, 6.45) is 5.18. The summed E-state index contributed by atoms with van der Waals surface area (Å²) in [4.78, 5) is 23.0. The van der Waals surface area contributed by atoms with Gasteiger partial charge in [-0.25, -0.2) is 13.1 Å². The van der Waals surface area contributed by atoms with E-state index in [0.717, 1.165) is 56.4 Å². The lowest BCUT2D eigenvalue weighted by Gasteiger charge is -2.35. The van der Waals surface area contributed by atoms with Gasteiger partial charge in [0.15, 0.2) is 5.17 Å². The molecule has 0 atom stereocenters. The van der Waals surface area contributed by atoms with Crippen LogP contribution in [0.2, 0.25) is 0 Å². The van der Waals surface area contributed by atoms with E-state index in [1.165, 1.54) is 17.3 Å². The van der Waals surface area contributed by atoms with E-state index in [2.05, 4.69) is 39.1 Å². The fourth-order valence-electron chi connectivity index (χ4n) is 5.85. The Hall–Kier alpha value is -4.03. The van der Waals surface area contributed by atoms with E-state index in [0.29, 0.717) is 34.8 Å². The quantitative estimate of drug-likeness (QED) is 0.178. The van der Waals surface area contributed by atoms with Crippen molar-refractivity contribution < 1.29 is 13.2 Å². The second-order valence-corrected chi connectivity index (χ2v) is 14.7. The number of piperazine rings is 1. The number of thioether (sulfide) groups is 1. The molecule has 1 saturated heterocycles. The Morgan fingerprint density at radius 2 is 1.55 bits per heavy atom.